The quantitative estimate of drug-likeness (QED) is 0.623. The van der Waals surface area contributed by atoms with Crippen LogP contribution in [-0.2, 0) is 19.6 Å². The first-order valence-electron chi connectivity index (χ1n) is 8.39. The Balaban J connectivity index is 2.27. The van der Waals surface area contributed by atoms with Crippen molar-refractivity contribution in [3.63, 3.8) is 0 Å². The van der Waals surface area contributed by atoms with Crippen molar-refractivity contribution in [1.82, 2.24) is 9.62 Å². The fraction of sp³-hybridized carbons (Fsp3) is 0.562. The molecule has 3 N–H and O–H groups in total. The maximum Gasteiger partial charge on any atom is 0.243 e. The van der Waals surface area contributed by atoms with Crippen molar-refractivity contribution in [2.75, 3.05) is 57.1 Å². The van der Waals surface area contributed by atoms with E-state index in [0.717, 1.165) is 0 Å². The lowest BCUT2D eigenvalue weighted by atomic mass is 10.2. The lowest BCUT2D eigenvalue weighted by molar-refractivity contribution is -0.116. The van der Waals surface area contributed by atoms with Gasteiger partial charge >= 0.3 is 0 Å². The molecule has 0 atom stereocenters. The minimum Gasteiger partial charge on any atom is -0.384 e. The molecule has 1 aliphatic heterocycles. The summed E-state index contributed by atoms with van der Waals surface area (Å²) in [6.07, 6.45) is 0.308. The molecule has 8 nitrogen and oxygen atoms in total. The summed E-state index contributed by atoms with van der Waals surface area (Å²) in [5, 5.41) is 8.85. The van der Waals surface area contributed by atoms with E-state index in [0.29, 0.717) is 57.2 Å². The van der Waals surface area contributed by atoms with E-state index < -0.39 is 10.0 Å². The Morgan fingerprint density at radius 1 is 1.24 bits per heavy atom. The summed E-state index contributed by atoms with van der Waals surface area (Å²) in [6.45, 7) is 4.60. The lowest BCUT2D eigenvalue weighted by Gasteiger charge is -2.26. The molecule has 1 aromatic carbocycles. The normalized spacial score (nSPS) is 15.8. The van der Waals surface area contributed by atoms with Crippen LogP contribution in [0, 0.1) is 0 Å². The molecule has 0 bridgehead atoms. The Labute approximate surface area is 149 Å². The predicted octanol–water partition coefficient (Wildman–Crippen LogP) is 0.687. The van der Waals surface area contributed by atoms with E-state index in [1.165, 1.54) is 10.4 Å². The van der Waals surface area contributed by atoms with Gasteiger partial charge in [0.25, 0.3) is 0 Å². The van der Waals surface area contributed by atoms with Gasteiger partial charge in [-0.25, -0.2) is 8.42 Å². The first-order chi connectivity index (χ1) is 12.0. The van der Waals surface area contributed by atoms with E-state index in [1.54, 1.807) is 19.2 Å². The second-order valence-corrected chi connectivity index (χ2v) is 7.59. The Bertz CT molecular complexity index is 687. The van der Waals surface area contributed by atoms with Crippen molar-refractivity contribution < 1.29 is 17.9 Å². The van der Waals surface area contributed by atoms with Gasteiger partial charge in [-0.05, 0) is 32.2 Å². The molecule has 1 amide bonds. The van der Waals surface area contributed by atoms with Crippen molar-refractivity contribution in [1.29, 1.82) is 0 Å². The SMILES string of the molecule is CCNc1ccc(S(=O)(=O)N2CCOCC2)cc1NC(=O)CCNC. The predicted molar refractivity (Wildman–Crippen MR) is 97.4 cm³/mol. The molecule has 0 aliphatic carbocycles. The number of ether oxygens (including phenoxy) is 1. The molecule has 1 aliphatic rings. The van der Waals surface area contributed by atoms with Crippen LogP contribution in [0.15, 0.2) is 23.1 Å². The van der Waals surface area contributed by atoms with Crippen molar-refractivity contribution >= 4 is 27.3 Å². The molecule has 1 fully saturated rings. The highest BCUT2D eigenvalue weighted by molar-refractivity contribution is 7.89. The maximum absolute atomic E-state index is 12.8. The van der Waals surface area contributed by atoms with Crippen molar-refractivity contribution in [3.8, 4) is 0 Å². The summed E-state index contributed by atoms with van der Waals surface area (Å²) < 4.78 is 32.2. The topological polar surface area (TPSA) is 99.8 Å². The van der Waals surface area contributed by atoms with Crippen LogP contribution in [0.4, 0.5) is 11.4 Å². The van der Waals surface area contributed by atoms with Gasteiger partial charge in [0.1, 0.15) is 0 Å². The fourth-order valence-corrected chi connectivity index (χ4v) is 3.95. The summed E-state index contributed by atoms with van der Waals surface area (Å²) in [5.41, 5.74) is 1.17. The number of anilines is 2. The van der Waals surface area contributed by atoms with Crippen LogP contribution in [0.3, 0.4) is 0 Å². The van der Waals surface area contributed by atoms with E-state index in [4.69, 9.17) is 4.74 Å². The number of hydrogen-bond acceptors (Lipinski definition) is 6. The molecule has 2 rings (SSSR count). The van der Waals surface area contributed by atoms with Gasteiger partial charge in [0.15, 0.2) is 0 Å². The van der Waals surface area contributed by atoms with Crippen molar-refractivity contribution in [3.05, 3.63) is 18.2 Å². The standard InChI is InChI=1S/C16H26N4O4S/c1-3-18-14-5-4-13(12-15(14)19-16(21)6-7-17-2)25(22,23)20-8-10-24-11-9-20/h4-5,12,17-18H,3,6-11H2,1-2H3,(H,19,21). The van der Waals surface area contributed by atoms with Gasteiger partial charge in [-0.1, -0.05) is 0 Å². The number of rotatable bonds is 8. The Hall–Kier alpha value is -1.68. The van der Waals surface area contributed by atoms with Crippen molar-refractivity contribution in [2.45, 2.75) is 18.2 Å². The highest BCUT2D eigenvalue weighted by Gasteiger charge is 2.27. The van der Waals surface area contributed by atoms with Crippen LogP contribution >= 0.6 is 0 Å². The Morgan fingerprint density at radius 3 is 2.60 bits per heavy atom. The molecule has 0 radical (unpaired) electrons. The smallest absolute Gasteiger partial charge is 0.243 e. The van der Waals surface area contributed by atoms with E-state index in [1.807, 2.05) is 6.92 Å². The van der Waals surface area contributed by atoms with E-state index in [-0.39, 0.29) is 10.8 Å². The zero-order valence-electron chi connectivity index (χ0n) is 14.7. The zero-order valence-corrected chi connectivity index (χ0v) is 15.5. The number of morpholine rings is 1. The average molecular weight is 370 g/mol. The van der Waals surface area contributed by atoms with Gasteiger partial charge in [0, 0.05) is 32.6 Å². The maximum atomic E-state index is 12.8. The second-order valence-electron chi connectivity index (χ2n) is 5.66. The van der Waals surface area contributed by atoms with Crippen LogP contribution in [0.5, 0.6) is 0 Å². The largest absolute Gasteiger partial charge is 0.384 e. The third-order valence-corrected chi connectivity index (χ3v) is 5.74. The number of carbonyl (C=O) groups is 1. The Kier molecular flexibility index (Phi) is 7.18. The van der Waals surface area contributed by atoms with Gasteiger partial charge in [-0.15, -0.1) is 0 Å². The van der Waals surface area contributed by atoms with Gasteiger partial charge in [0.2, 0.25) is 15.9 Å². The van der Waals surface area contributed by atoms with Crippen LogP contribution in [-0.4, -0.2) is 65.1 Å². The fourth-order valence-electron chi connectivity index (χ4n) is 2.52. The average Bonchev–Trinajstić information content (AvgIpc) is 2.62. The van der Waals surface area contributed by atoms with E-state index in [2.05, 4.69) is 16.0 Å². The monoisotopic (exact) mass is 370 g/mol. The van der Waals surface area contributed by atoms with E-state index >= 15 is 0 Å². The summed E-state index contributed by atoms with van der Waals surface area (Å²) in [7, 11) is -1.84. The Morgan fingerprint density at radius 2 is 1.96 bits per heavy atom. The lowest BCUT2D eigenvalue weighted by Crippen LogP contribution is -2.40. The van der Waals surface area contributed by atoms with Crippen LogP contribution < -0.4 is 16.0 Å². The highest BCUT2D eigenvalue weighted by atomic mass is 32.2. The van der Waals surface area contributed by atoms with Gasteiger partial charge < -0.3 is 20.7 Å². The second kappa shape index (κ2) is 9.14. The molecule has 0 saturated carbocycles. The number of carbonyl (C=O) groups excluding carboxylic acids is 1. The molecule has 0 unspecified atom stereocenters. The molecule has 1 saturated heterocycles. The summed E-state index contributed by atoms with van der Waals surface area (Å²) in [4.78, 5) is 12.2. The number of nitrogens with zero attached hydrogens (tertiary/aromatic N) is 1. The molecular weight excluding hydrogens is 344 g/mol. The molecular formula is C16H26N4O4S. The molecule has 0 spiro atoms. The molecule has 0 aromatic heterocycles. The summed E-state index contributed by atoms with van der Waals surface area (Å²) >= 11 is 0. The van der Waals surface area contributed by atoms with E-state index in [9.17, 15) is 13.2 Å². The van der Waals surface area contributed by atoms with Crippen molar-refractivity contribution in [2.24, 2.45) is 0 Å². The number of nitrogens with one attached hydrogen (secondary N) is 3. The molecule has 25 heavy (non-hydrogen) atoms. The number of benzene rings is 1. The zero-order chi connectivity index (χ0) is 18.3. The first kappa shape index (κ1) is 19.6. The molecule has 1 aromatic rings. The third-order valence-electron chi connectivity index (χ3n) is 3.84. The highest BCUT2D eigenvalue weighted by Crippen LogP contribution is 2.27. The van der Waals surface area contributed by atoms with Crippen LogP contribution in [0.25, 0.3) is 0 Å². The minimum atomic E-state index is -3.61. The first-order valence-corrected chi connectivity index (χ1v) is 9.83. The molecule has 1 heterocycles. The minimum absolute atomic E-state index is 0.167. The van der Waals surface area contributed by atoms with Crippen LogP contribution in [0.2, 0.25) is 0 Å². The van der Waals surface area contributed by atoms with Gasteiger partial charge in [0.05, 0.1) is 29.5 Å². The van der Waals surface area contributed by atoms with Crippen LogP contribution in [0.1, 0.15) is 13.3 Å². The van der Waals surface area contributed by atoms with Gasteiger partial charge in [-0.3, -0.25) is 4.79 Å². The van der Waals surface area contributed by atoms with Gasteiger partial charge in [-0.2, -0.15) is 4.31 Å². The summed E-state index contributed by atoms with van der Waals surface area (Å²) in [6, 6.07) is 4.76. The summed E-state index contributed by atoms with van der Waals surface area (Å²) in [5.74, 6) is -0.172. The third kappa shape index (κ3) is 5.15. The number of amides is 1. The number of sulfonamides is 1. The number of hydrogen-bond donors (Lipinski definition) is 3. The molecule has 140 valence electrons. The molecule has 9 heteroatoms.